The van der Waals surface area contributed by atoms with Crippen LogP contribution in [0.3, 0.4) is 0 Å². The van der Waals surface area contributed by atoms with Gasteiger partial charge >= 0.3 is 0 Å². The molecule has 1 heterocycles. The first-order valence-electron chi connectivity index (χ1n) is 11.2. The summed E-state index contributed by atoms with van der Waals surface area (Å²) < 4.78 is 18.3. The highest BCUT2D eigenvalue weighted by atomic mass is 19.1. The summed E-state index contributed by atoms with van der Waals surface area (Å²) in [4.78, 5) is 27.5. The minimum absolute atomic E-state index is 0.0849. The molecule has 1 atom stereocenters. The number of benzene rings is 1. The van der Waals surface area contributed by atoms with Crippen LogP contribution in [0.2, 0.25) is 0 Å². The Morgan fingerprint density at radius 2 is 1.77 bits per heavy atom. The maximum atomic E-state index is 13.1. The first-order chi connectivity index (χ1) is 14.6. The van der Waals surface area contributed by atoms with Gasteiger partial charge in [0.05, 0.1) is 13.2 Å². The van der Waals surface area contributed by atoms with Crippen molar-refractivity contribution in [2.24, 2.45) is 11.8 Å². The van der Waals surface area contributed by atoms with Gasteiger partial charge in [-0.25, -0.2) is 4.39 Å². The van der Waals surface area contributed by atoms with Crippen LogP contribution in [0.5, 0.6) is 0 Å². The van der Waals surface area contributed by atoms with Crippen molar-refractivity contribution in [3.8, 4) is 0 Å². The molecule has 1 unspecified atom stereocenters. The number of nitrogens with zero attached hydrogens (tertiary/aromatic N) is 1. The van der Waals surface area contributed by atoms with Crippen molar-refractivity contribution in [2.45, 2.75) is 44.9 Å². The van der Waals surface area contributed by atoms with Crippen LogP contribution in [0.1, 0.15) is 44.9 Å². The first kappa shape index (κ1) is 22.5. The van der Waals surface area contributed by atoms with Gasteiger partial charge in [0.2, 0.25) is 11.8 Å². The summed E-state index contributed by atoms with van der Waals surface area (Å²) in [5.41, 5.74) is 0.809. The minimum Gasteiger partial charge on any atom is -0.383 e. The lowest BCUT2D eigenvalue weighted by Gasteiger charge is -2.32. The quantitative estimate of drug-likeness (QED) is 0.603. The molecule has 1 aliphatic heterocycles. The monoisotopic (exact) mass is 419 g/mol. The van der Waals surface area contributed by atoms with Crippen molar-refractivity contribution in [3.63, 3.8) is 0 Å². The fraction of sp³-hybridized carbons (Fsp3) is 0.652. The Morgan fingerprint density at radius 1 is 1.07 bits per heavy atom. The summed E-state index contributed by atoms with van der Waals surface area (Å²) in [6.07, 6.45) is 7.10. The van der Waals surface area contributed by atoms with Crippen molar-refractivity contribution >= 4 is 17.5 Å². The Balaban J connectivity index is 1.47. The zero-order valence-corrected chi connectivity index (χ0v) is 17.7. The second kappa shape index (κ2) is 11.9. The molecule has 1 aromatic rings. The van der Waals surface area contributed by atoms with Gasteiger partial charge in [-0.2, -0.15) is 0 Å². The number of anilines is 1. The zero-order valence-electron chi connectivity index (χ0n) is 17.7. The maximum absolute atomic E-state index is 13.1. The number of carbonyl (C=O) groups is 2. The normalized spacial score (nSPS) is 18.6. The number of hydrogen-bond acceptors (Lipinski definition) is 4. The van der Waals surface area contributed by atoms with Gasteiger partial charge in [0.1, 0.15) is 5.82 Å². The van der Waals surface area contributed by atoms with Crippen LogP contribution >= 0.6 is 0 Å². The van der Waals surface area contributed by atoms with E-state index in [4.69, 9.17) is 4.74 Å². The van der Waals surface area contributed by atoms with Gasteiger partial charge in [-0.15, -0.1) is 0 Å². The number of rotatable bonds is 9. The third-order valence-corrected chi connectivity index (χ3v) is 6.07. The maximum Gasteiger partial charge on any atom is 0.226 e. The number of carbonyl (C=O) groups excluding carboxylic acids is 2. The highest BCUT2D eigenvalue weighted by Crippen LogP contribution is 2.31. The number of hydrogen-bond donors (Lipinski definition) is 2. The summed E-state index contributed by atoms with van der Waals surface area (Å²) >= 11 is 0. The smallest absolute Gasteiger partial charge is 0.226 e. The molecular formula is C23H34FN3O3. The minimum atomic E-state index is -0.275. The Bertz CT molecular complexity index is 671. The molecule has 1 saturated carbocycles. The van der Waals surface area contributed by atoms with Crippen LogP contribution in [0.25, 0.3) is 0 Å². The van der Waals surface area contributed by atoms with Crippen LogP contribution in [0.4, 0.5) is 10.1 Å². The number of ether oxygens (including phenoxy) is 1. The summed E-state index contributed by atoms with van der Waals surface area (Å²) in [6.45, 7) is 3.37. The Kier molecular flexibility index (Phi) is 8.93. The van der Waals surface area contributed by atoms with E-state index in [0.717, 1.165) is 24.9 Å². The van der Waals surface area contributed by atoms with Crippen molar-refractivity contribution in [2.75, 3.05) is 44.7 Å². The molecule has 1 saturated heterocycles. The zero-order chi connectivity index (χ0) is 21.2. The average molecular weight is 420 g/mol. The molecule has 0 bridgehead atoms. The highest BCUT2D eigenvalue weighted by molar-refractivity contribution is 5.86. The summed E-state index contributed by atoms with van der Waals surface area (Å²) in [6, 6.07) is 6.12. The van der Waals surface area contributed by atoms with Gasteiger partial charge in [0.15, 0.2) is 0 Å². The molecule has 0 spiro atoms. The predicted octanol–water partition coefficient (Wildman–Crippen LogP) is 3.19. The fourth-order valence-corrected chi connectivity index (χ4v) is 4.41. The molecule has 7 heteroatoms. The SMILES string of the molecule is O=C(CC(CC1CCCCC1)C(=O)N1CCOCC1)NCCNc1ccc(F)cc1. The number of amides is 2. The van der Waals surface area contributed by atoms with Crippen LogP contribution in [-0.2, 0) is 14.3 Å². The average Bonchev–Trinajstić information content (AvgIpc) is 2.78. The van der Waals surface area contributed by atoms with Crippen molar-refractivity contribution in [3.05, 3.63) is 30.1 Å². The fourth-order valence-electron chi connectivity index (χ4n) is 4.41. The van der Waals surface area contributed by atoms with E-state index in [9.17, 15) is 14.0 Å². The molecule has 1 aromatic carbocycles. The van der Waals surface area contributed by atoms with Crippen molar-refractivity contribution in [1.29, 1.82) is 0 Å². The lowest BCUT2D eigenvalue weighted by atomic mass is 9.81. The Morgan fingerprint density at radius 3 is 2.47 bits per heavy atom. The van der Waals surface area contributed by atoms with E-state index in [2.05, 4.69) is 10.6 Å². The molecule has 2 amide bonds. The Hall–Kier alpha value is -2.15. The molecule has 0 aromatic heterocycles. The van der Waals surface area contributed by atoms with E-state index >= 15 is 0 Å². The van der Waals surface area contributed by atoms with Crippen LogP contribution in [0.15, 0.2) is 24.3 Å². The van der Waals surface area contributed by atoms with Gasteiger partial charge in [-0.1, -0.05) is 32.1 Å². The molecule has 30 heavy (non-hydrogen) atoms. The predicted molar refractivity (Wildman–Crippen MR) is 115 cm³/mol. The van der Waals surface area contributed by atoms with Gasteiger partial charge in [-0.05, 0) is 36.6 Å². The highest BCUT2D eigenvalue weighted by Gasteiger charge is 2.30. The molecule has 1 aliphatic carbocycles. The Labute approximate surface area is 178 Å². The third kappa shape index (κ3) is 7.27. The van der Waals surface area contributed by atoms with Gasteiger partial charge in [0, 0.05) is 44.2 Å². The molecule has 2 fully saturated rings. The van der Waals surface area contributed by atoms with E-state index in [1.165, 1.54) is 31.4 Å². The first-order valence-corrected chi connectivity index (χ1v) is 11.2. The van der Waals surface area contributed by atoms with E-state index in [1.807, 2.05) is 4.90 Å². The van der Waals surface area contributed by atoms with E-state index < -0.39 is 0 Å². The second-order valence-electron chi connectivity index (χ2n) is 8.36. The van der Waals surface area contributed by atoms with Gasteiger partial charge in [0.25, 0.3) is 0 Å². The molecule has 2 N–H and O–H groups in total. The summed E-state index contributed by atoms with van der Waals surface area (Å²) in [7, 11) is 0. The van der Waals surface area contributed by atoms with Gasteiger partial charge in [-0.3, -0.25) is 9.59 Å². The second-order valence-corrected chi connectivity index (χ2v) is 8.36. The molecule has 3 rings (SSSR count). The third-order valence-electron chi connectivity index (χ3n) is 6.07. The van der Waals surface area contributed by atoms with Crippen LogP contribution in [-0.4, -0.2) is 56.1 Å². The molecule has 6 nitrogen and oxygen atoms in total. The largest absolute Gasteiger partial charge is 0.383 e. The summed E-state index contributed by atoms with van der Waals surface area (Å²) in [5, 5.41) is 6.07. The van der Waals surface area contributed by atoms with Crippen LogP contribution < -0.4 is 10.6 Å². The van der Waals surface area contributed by atoms with E-state index in [1.54, 1.807) is 12.1 Å². The number of nitrogens with one attached hydrogen (secondary N) is 2. The number of halogens is 1. The van der Waals surface area contributed by atoms with Crippen LogP contribution in [0, 0.1) is 17.7 Å². The van der Waals surface area contributed by atoms with E-state index in [0.29, 0.717) is 45.3 Å². The lowest BCUT2D eigenvalue weighted by Crippen LogP contribution is -2.45. The van der Waals surface area contributed by atoms with Gasteiger partial charge < -0.3 is 20.3 Å². The summed E-state index contributed by atoms with van der Waals surface area (Å²) in [5.74, 6) is 0.0301. The van der Waals surface area contributed by atoms with Crippen molar-refractivity contribution in [1.82, 2.24) is 10.2 Å². The lowest BCUT2D eigenvalue weighted by molar-refractivity contribution is -0.142. The standard InChI is InChI=1S/C23H34FN3O3/c24-20-6-8-21(9-7-20)25-10-11-26-22(28)17-19(16-18-4-2-1-3-5-18)23(29)27-12-14-30-15-13-27/h6-9,18-19,25H,1-5,10-17H2,(H,26,28). The topological polar surface area (TPSA) is 70.7 Å². The van der Waals surface area contributed by atoms with Crippen molar-refractivity contribution < 1.29 is 18.7 Å². The molecule has 0 radical (unpaired) electrons. The molecule has 166 valence electrons. The van der Waals surface area contributed by atoms with E-state index in [-0.39, 0.29) is 30.0 Å². The molecular weight excluding hydrogens is 385 g/mol. The molecule has 2 aliphatic rings. The number of morpholine rings is 1.